The Morgan fingerprint density at radius 1 is 1.21 bits per heavy atom. The number of benzene rings is 1. The zero-order valence-corrected chi connectivity index (χ0v) is 12.4. The van der Waals surface area contributed by atoms with Crippen LogP contribution in [0.4, 0.5) is 0 Å². The molecule has 1 fully saturated rings. The number of hydrogen-bond donors (Lipinski definition) is 0. The minimum absolute atomic E-state index is 0.162. The van der Waals surface area contributed by atoms with Gasteiger partial charge in [-0.1, -0.05) is 26.0 Å². The number of hydrogen-bond acceptors (Lipinski definition) is 2. The zero-order valence-electron chi connectivity index (χ0n) is 12.4. The van der Waals surface area contributed by atoms with E-state index in [9.17, 15) is 4.79 Å². The number of carbonyl (C=O) groups is 1. The average Bonchev–Trinajstić information content (AvgIpc) is 2.41. The Labute approximate surface area is 116 Å². The lowest BCUT2D eigenvalue weighted by atomic mass is 10.0. The molecule has 0 N–H and O–H groups in total. The molecular formula is C16H24N2O. The van der Waals surface area contributed by atoms with Gasteiger partial charge in [-0.05, 0) is 37.6 Å². The second kappa shape index (κ2) is 5.74. The van der Waals surface area contributed by atoms with Gasteiger partial charge in [0.2, 0.25) is 0 Å². The van der Waals surface area contributed by atoms with Crippen molar-refractivity contribution in [1.29, 1.82) is 0 Å². The molecule has 0 radical (unpaired) electrons. The first-order valence-electron chi connectivity index (χ1n) is 7.08. The molecule has 1 aromatic rings. The summed E-state index contributed by atoms with van der Waals surface area (Å²) in [5.41, 5.74) is 2.09. The smallest absolute Gasteiger partial charge is 0.253 e. The van der Waals surface area contributed by atoms with Gasteiger partial charge >= 0.3 is 0 Å². The third-order valence-electron chi connectivity index (χ3n) is 4.07. The predicted molar refractivity (Wildman–Crippen MR) is 78.5 cm³/mol. The van der Waals surface area contributed by atoms with Crippen molar-refractivity contribution in [3.05, 3.63) is 35.4 Å². The molecule has 1 atom stereocenters. The first-order valence-corrected chi connectivity index (χ1v) is 7.08. The van der Waals surface area contributed by atoms with Gasteiger partial charge in [0.15, 0.2) is 0 Å². The van der Waals surface area contributed by atoms with Gasteiger partial charge in [-0.2, -0.15) is 0 Å². The van der Waals surface area contributed by atoms with Crippen LogP contribution < -0.4 is 0 Å². The van der Waals surface area contributed by atoms with Crippen molar-refractivity contribution in [2.45, 2.75) is 32.7 Å². The van der Waals surface area contributed by atoms with E-state index in [1.807, 2.05) is 17.0 Å². The van der Waals surface area contributed by atoms with E-state index in [-0.39, 0.29) is 5.91 Å². The van der Waals surface area contributed by atoms with Gasteiger partial charge in [0.05, 0.1) is 0 Å². The molecule has 3 nitrogen and oxygen atoms in total. The Kier molecular flexibility index (Phi) is 4.25. The highest BCUT2D eigenvalue weighted by atomic mass is 16.2. The minimum atomic E-state index is 0.162. The molecule has 1 amide bonds. The van der Waals surface area contributed by atoms with Gasteiger partial charge in [0.25, 0.3) is 5.91 Å². The Hall–Kier alpha value is -1.35. The number of carbonyl (C=O) groups excluding carboxylic acids is 1. The van der Waals surface area contributed by atoms with Gasteiger partial charge in [-0.3, -0.25) is 4.79 Å². The van der Waals surface area contributed by atoms with E-state index in [1.165, 1.54) is 5.56 Å². The average molecular weight is 260 g/mol. The maximum absolute atomic E-state index is 12.4. The summed E-state index contributed by atoms with van der Waals surface area (Å²) in [5, 5.41) is 0. The van der Waals surface area contributed by atoms with Crippen molar-refractivity contribution < 1.29 is 4.79 Å². The van der Waals surface area contributed by atoms with E-state index in [0.29, 0.717) is 12.0 Å². The van der Waals surface area contributed by atoms with Crippen LogP contribution in [0.5, 0.6) is 0 Å². The van der Waals surface area contributed by atoms with Crippen LogP contribution in [0.15, 0.2) is 24.3 Å². The fourth-order valence-corrected chi connectivity index (χ4v) is 2.43. The zero-order chi connectivity index (χ0) is 14.0. The van der Waals surface area contributed by atoms with Crippen LogP contribution in [0.25, 0.3) is 0 Å². The van der Waals surface area contributed by atoms with Gasteiger partial charge in [0, 0.05) is 31.2 Å². The Balaban J connectivity index is 2.07. The van der Waals surface area contributed by atoms with Crippen molar-refractivity contribution in [1.82, 2.24) is 9.80 Å². The van der Waals surface area contributed by atoms with Crippen LogP contribution in [0.3, 0.4) is 0 Å². The summed E-state index contributed by atoms with van der Waals surface area (Å²) in [6, 6.07) is 8.49. The van der Waals surface area contributed by atoms with Crippen molar-refractivity contribution in [2.75, 3.05) is 26.7 Å². The standard InChI is InChI=1S/C16H24N2O/c1-12(2)14-5-7-15(8-6-14)16(19)18-10-9-17(4)13(3)11-18/h5-8,12-13H,9-11H2,1-4H3. The number of piperazine rings is 1. The molecule has 1 aliphatic rings. The topological polar surface area (TPSA) is 23.6 Å². The lowest BCUT2D eigenvalue weighted by molar-refractivity contribution is 0.0572. The molecule has 0 aromatic heterocycles. The van der Waals surface area contributed by atoms with Crippen LogP contribution in [-0.2, 0) is 0 Å². The van der Waals surface area contributed by atoms with E-state index in [1.54, 1.807) is 0 Å². The van der Waals surface area contributed by atoms with Gasteiger partial charge in [0.1, 0.15) is 0 Å². The van der Waals surface area contributed by atoms with Crippen molar-refractivity contribution in [2.24, 2.45) is 0 Å². The summed E-state index contributed by atoms with van der Waals surface area (Å²) in [6.45, 7) is 9.10. The third-order valence-corrected chi connectivity index (χ3v) is 4.07. The summed E-state index contributed by atoms with van der Waals surface area (Å²) in [7, 11) is 2.11. The fraction of sp³-hybridized carbons (Fsp3) is 0.562. The van der Waals surface area contributed by atoms with Crippen molar-refractivity contribution >= 4 is 5.91 Å². The second-order valence-corrected chi connectivity index (χ2v) is 5.86. The molecule has 0 saturated carbocycles. The monoisotopic (exact) mass is 260 g/mol. The highest BCUT2D eigenvalue weighted by molar-refractivity contribution is 5.94. The maximum atomic E-state index is 12.4. The van der Waals surface area contributed by atoms with E-state index in [0.717, 1.165) is 25.2 Å². The summed E-state index contributed by atoms with van der Waals surface area (Å²) < 4.78 is 0. The quantitative estimate of drug-likeness (QED) is 0.816. The molecule has 0 aliphatic carbocycles. The summed E-state index contributed by atoms with van der Waals surface area (Å²) in [4.78, 5) is 16.7. The number of likely N-dealkylation sites (N-methyl/N-ethyl adjacent to an activating group) is 1. The van der Waals surface area contributed by atoms with E-state index < -0.39 is 0 Å². The summed E-state index contributed by atoms with van der Waals surface area (Å²) >= 11 is 0. The van der Waals surface area contributed by atoms with Gasteiger partial charge in [-0.15, -0.1) is 0 Å². The highest BCUT2D eigenvalue weighted by Gasteiger charge is 2.24. The molecule has 1 heterocycles. The molecule has 1 aromatic carbocycles. The van der Waals surface area contributed by atoms with E-state index >= 15 is 0 Å². The largest absolute Gasteiger partial charge is 0.336 e. The number of nitrogens with zero attached hydrogens (tertiary/aromatic N) is 2. The molecule has 19 heavy (non-hydrogen) atoms. The van der Waals surface area contributed by atoms with Crippen molar-refractivity contribution in [3.8, 4) is 0 Å². The van der Waals surface area contributed by atoms with Crippen LogP contribution in [0, 0.1) is 0 Å². The molecule has 3 heteroatoms. The predicted octanol–water partition coefficient (Wildman–Crippen LogP) is 2.59. The molecule has 0 spiro atoms. The molecule has 1 saturated heterocycles. The Morgan fingerprint density at radius 2 is 1.84 bits per heavy atom. The maximum Gasteiger partial charge on any atom is 0.253 e. The van der Waals surface area contributed by atoms with Crippen LogP contribution in [0.1, 0.15) is 42.6 Å². The Morgan fingerprint density at radius 3 is 2.37 bits per heavy atom. The lowest BCUT2D eigenvalue weighted by Gasteiger charge is -2.37. The molecule has 1 aliphatic heterocycles. The van der Waals surface area contributed by atoms with Crippen molar-refractivity contribution in [3.63, 3.8) is 0 Å². The lowest BCUT2D eigenvalue weighted by Crippen LogP contribution is -2.52. The fourth-order valence-electron chi connectivity index (χ4n) is 2.43. The van der Waals surface area contributed by atoms with Gasteiger partial charge in [-0.25, -0.2) is 0 Å². The molecular weight excluding hydrogens is 236 g/mol. The van der Waals surface area contributed by atoms with Crippen LogP contribution in [0.2, 0.25) is 0 Å². The molecule has 2 rings (SSSR count). The summed E-state index contributed by atoms with van der Waals surface area (Å²) in [6.07, 6.45) is 0. The number of rotatable bonds is 2. The van der Waals surface area contributed by atoms with Crippen LogP contribution >= 0.6 is 0 Å². The SMILES string of the molecule is CC(C)c1ccc(C(=O)N2CCN(C)C(C)C2)cc1. The third kappa shape index (κ3) is 3.16. The normalized spacial score (nSPS) is 20.9. The van der Waals surface area contributed by atoms with E-state index in [4.69, 9.17) is 0 Å². The first-order chi connectivity index (χ1) is 8.99. The second-order valence-electron chi connectivity index (χ2n) is 5.86. The van der Waals surface area contributed by atoms with Gasteiger partial charge < -0.3 is 9.80 Å². The Bertz CT molecular complexity index is 439. The first kappa shape index (κ1) is 14.1. The molecule has 1 unspecified atom stereocenters. The summed E-state index contributed by atoms with van der Waals surface area (Å²) in [5.74, 6) is 0.670. The minimum Gasteiger partial charge on any atom is -0.336 e. The molecule has 0 bridgehead atoms. The highest BCUT2D eigenvalue weighted by Crippen LogP contribution is 2.17. The van der Waals surface area contributed by atoms with E-state index in [2.05, 4.69) is 44.9 Å². The van der Waals surface area contributed by atoms with Crippen LogP contribution in [-0.4, -0.2) is 48.4 Å². The number of amides is 1. The molecule has 104 valence electrons.